The van der Waals surface area contributed by atoms with Crippen molar-refractivity contribution in [3.8, 4) is 11.8 Å². The van der Waals surface area contributed by atoms with Gasteiger partial charge in [0.25, 0.3) is 0 Å². The van der Waals surface area contributed by atoms with E-state index in [1.807, 2.05) is 36.4 Å². The summed E-state index contributed by atoms with van der Waals surface area (Å²) in [5.41, 5.74) is 3.51. The number of allylic oxidation sites excluding steroid dienone is 2. The molecular formula is C36H31F3N2O3. The number of alkyl halides is 3. The number of aryl methyl sites for hydroxylation is 1. The van der Waals surface area contributed by atoms with Crippen molar-refractivity contribution < 1.29 is 27.8 Å². The number of aliphatic hydroxyl groups is 1. The van der Waals surface area contributed by atoms with Gasteiger partial charge in [-0.25, -0.2) is 0 Å². The van der Waals surface area contributed by atoms with E-state index >= 15 is 0 Å². The lowest BCUT2D eigenvalue weighted by Crippen LogP contribution is -2.23. The summed E-state index contributed by atoms with van der Waals surface area (Å²) in [6.45, 7) is 4.11. The van der Waals surface area contributed by atoms with Gasteiger partial charge < -0.3 is 14.7 Å². The molecule has 0 radical (unpaired) electrons. The maximum atomic E-state index is 13.3. The molecule has 0 aliphatic rings. The van der Waals surface area contributed by atoms with Crippen molar-refractivity contribution in [2.75, 3.05) is 4.90 Å². The van der Waals surface area contributed by atoms with Crippen molar-refractivity contribution in [2.24, 2.45) is 0 Å². The van der Waals surface area contributed by atoms with Crippen molar-refractivity contribution in [3.05, 3.63) is 155 Å². The average molecular weight is 597 g/mol. The minimum atomic E-state index is -4.51. The molecule has 0 saturated heterocycles. The lowest BCUT2D eigenvalue weighted by atomic mass is 9.97. The maximum Gasteiger partial charge on any atom is 0.392 e. The normalized spacial score (nSPS) is 12.2. The van der Waals surface area contributed by atoms with E-state index in [-0.39, 0.29) is 18.5 Å². The van der Waals surface area contributed by atoms with Crippen molar-refractivity contribution in [1.29, 1.82) is 5.26 Å². The number of aliphatic hydroxyl groups excluding tert-OH is 1. The third-order valence-corrected chi connectivity index (χ3v) is 6.86. The molecular weight excluding hydrogens is 565 g/mol. The molecule has 1 N–H and O–H groups in total. The second kappa shape index (κ2) is 14.9. The van der Waals surface area contributed by atoms with Crippen molar-refractivity contribution >= 4 is 11.5 Å². The molecule has 0 bridgehead atoms. The van der Waals surface area contributed by atoms with Gasteiger partial charge in [-0.2, -0.15) is 18.4 Å². The third-order valence-electron chi connectivity index (χ3n) is 6.86. The topological polar surface area (TPSA) is 73.6 Å². The number of carbonyl (C=O) groups is 1. The predicted octanol–water partition coefficient (Wildman–Crippen LogP) is 8.21. The average Bonchev–Trinajstić information content (AvgIpc) is 3.04. The highest BCUT2D eigenvalue weighted by atomic mass is 19.4. The first-order valence-corrected chi connectivity index (χ1v) is 13.9. The summed E-state index contributed by atoms with van der Waals surface area (Å²) in [4.78, 5) is 14.6. The van der Waals surface area contributed by atoms with Gasteiger partial charge in [0.15, 0.2) is 5.78 Å². The van der Waals surface area contributed by atoms with E-state index in [1.54, 1.807) is 66.7 Å². The van der Waals surface area contributed by atoms with E-state index in [0.29, 0.717) is 34.7 Å². The van der Waals surface area contributed by atoms with Gasteiger partial charge in [0.1, 0.15) is 18.5 Å². The summed E-state index contributed by atoms with van der Waals surface area (Å²) in [5.74, 6) is 0.146. The highest BCUT2D eigenvalue weighted by Gasteiger charge is 2.27. The zero-order valence-corrected chi connectivity index (χ0v) is 23.9. The summed E-state index contributed by atoms with van der Waals surface area (Å²) in [6.07, 6.45) is -4.49. The van der Waals surface area contributed by atoms with Gasteiger partial charge in [-0.15, -0.1) is 0 Å². The molecule has 0 heterocycles. The number of halogens is 3. The Morgan fingerprint density at radius 3 is 2.32 bits per heavy atom. The monoisotopic (exact) mass is 596 g/mol. The molecule has 0 aliphatic carbocycles. The van der Waals surface area contributed by atoms with Gasteiger partial charge in [-0.1, -0.05) is 79.4 Å². The summed E-state index contributed by atoms with van der Waals surface area (Å²) in [6, 6.07) is 32.2. The lowest BCUT2D eigenvalue weighted by Gasteiger charge is -2.23. The Labute approximate surface area is 254 Å². The number of carbonyl (C=O) groups excluding carboxylic acids is 1. The third kappa shape index (κ3) is 8.93. The number of benzene rings is 4. The standard InChI is InChI=1S/C36H31F3N2O3/c1-2-41(31-13-7-11-28(23-31)24-40)33(20-21-36(37,38)39)34(42)19-14-26-10-6-12-30(22-26)35(43)29-15-17-32(18-16-29)44-25-27-8-4-3-5-9-27/h2-13,15-18,20,22-23,35,43H,1,14,19,21,25H2/b33-20-. The number of nitriles is 1. The zero-order chi connectivity index (χ0) is 31.5. The van der Waals surface area contributed by atoms with Crippen LogP contribution in [0.15, 0.2) is 128 Å². The van der Waals surface area contributed by atoms with Crippen molar-refractivity contribution in [3.63, 3.8) is 0 Å². The van der Waals surface area contributed by atoms with Gasteiger partial charge >= 0.3 is 6.18 Å². The number of hydrogen-bond acceptors (Lipinski definition) is 5. The SMILES string of the molecule is C=CN(/C(=C\CC(F)(F)F)C(=O)CCc1cccc(C(O)c2ccc(OCc3ccccc3)cc2)c1)c1cccc(C#N)c1. The molecule has 4 aromatic carbocycles. The van der Waals surface area contributed by atoms with Crippen LogP contribution in [0, 0.1) is 11.3 Å². The minimum absolute atomic E-state index is 0.0844. The Bertz CT molecular complexity index is 1640. The van der Waals surface area contributed by atoms with Crippen LogP contribution < -0.4 is 9.64 Å². The van der Waals surface area contributed by atoms with E-state index < -0.39 is 24.5 Å². The Morgan fingerprint density at radius 1 is 0.932 bits per heavy atom. The molecule has 224 valence electrons. The molecule has 1 unspecified atom stereocenters. The van der Waals surface area contributed by atoms with Crippen LogP contribution in [0.1, 0.15) is 46.8 Å². The van der Waals surface area contributed by atoms with E-state index in [2.05, 4.69) is 6.58 Å². The molecule has 0 amide bonds. The van der Waals surface area contributed by atoms with E-state index in [1.165, 1.54) is 17.2 Å². The van der Waals surface area contributed by atoms with Crippen LogP contribution in [0.4, 0.5) is 18.9 Å². The molecule has 0 saturated carbocycles. The summed E-state index contributed by atoms with van der Waals surface area (Å²) in [7, 11) is 0. The Kier molecular flexibility index (Phi) is 10.7. The molecule has 4 aromatic rings. The summed E-state index contributed by atoms with van der Waals surface area (Å²) >= 11 is 0. The molecule has 0 aliphatic heterocycles. The molecule has 4 rings (SSSR count). The maximum absolute atomic E-state index is 13.3. The molecule has 0 aromatic heterocycles. The van der Waals surface area contributed by atoms with Crippen LogP contribution in [0.3, 0.4) is 0 Å². The first-order valence-electron chi connectivity index (χ1n) is 13.9. The molecule has 0 spiro atoms. The van der Waals surface area contributed by atoms with Gasteiger partial charge in [0.05, 0.1) is 23.8 Å². The molecule has 0 fully saturated rings. The number of nitrogens with zero attached hydrogens (tertiary/aromatic N) is 2. The van der Waals surface area contributed by atoms with Gasteiger partial charge in [-0.05, 0) is 65.1 Å². The Morgan fingerprint density at radius 2 is 1.64 bits per heavy atom. The smallest absolute Gasteiger partial charge is 0.392 e. The molecule has 5 nitrogen and oxygen atoms in total. The van der Waals surface area contributed by atoms with Gasteiger partial charge in [0, 0.05) is 18.3 Å². The Hall–Kier alpha value is -5.13. The number of hydrogen-bond donors (Lipinski definition) is 1. The minimum Gasteiger partial charge on any atom is -0.489 e. The summed E-state index contributed by atoms with van der Waals surface area (Å²) < 4.78 is 45.2. The fourth-order valence-electron chi connectivity index (χ4n) is 4.61. The summed E-state index contributed by atoms with van der Waals surface area (Å²) in [5, 5.41) is 20.3. The predicted molar refractivity (Wildman–Crippen MR) is 164 cm³/mol. The van der Waals surface area contributed by atoms with E-state index in [0.717, 1.165) is 17.2 Å². The van der Waals surface area contributed by atoms with Crippen LogP contribution in [0.5, 0.6) is 5.75 Å². The fourth-order valence-corrected chi connectivity index (χ4v) is 4.61. The first kappa shape index (κ1) is 31.8. The van der Waals surface area contributed by atoms with Crippen molar-refractivity contribution in [2.45, 2.75) is 38.1 Å². The van der Waals surface area contributed by atoms with Crippen LogP contribution in [-0.2, 0) is 17.8 Å². The van der Waals surface area contributed by atoms with Crippen LogP contribution >= 0.6 is 0 Å². The molecule has 8 heteroatoms. The second-order valence-electron chi connectivity index (χ2n) is 10.0. The fraction of sp³-hybridized carbons (Fsp3) is 0.167. The number of Topliss-reactive ketones (excluding diaryl/α,β-unsaturated/α-hetero) is 1. The quantitative estimate of drug-likeness (QED) is 0.158. The first-order chi connectivity index (χ1) is 21.2. The Balaban J connectivity index is 1.45. The molecule has 1 atom stereocenters. The number of ketones is 1. The van der Waals surface area contributed by atoms with Gasteiger partial charge in [-0.3, -0.25) is 4.79 Å². The van der Waals surface area contributed by atoms with E-state index in [4.69, 9.17) is 4.74 Å². The number of rotatable bonds is 13. The largest absolute Gasteiger partial charge is 0.489 e. The number of ether oxygens (including phenoxy) is 1. The number of anilines is 1. The second-order valence-corrected chi connectivity index (χ2v) is 10.0. The zero-order valence-electron chi connectivity index (χ0n) is 23.9. The van der Waals surface area contributed by atoms with Crippen LogP contribution in [0.2, 0.25) is 0 Å². The van der Waals surface area contributed by atoms with Gasteiger partial charge in [0.2, 0.25) is 0 Å². The van der Waals surface area contributed by atoms with Crippen LogP contribution in [0.25, 0.3) is 0 Å². The van der Waals surface area contributed by atoms with E-state index in [9.17, 15) is 28.3 Å². The lowest BCUT2D eigenvalue weighted by molar-refractivity contribution is -0.125. The highest BCUT2D eigenvalue weighted by Crippen LogP contribution is 2.28. The highest BCUT2D eigenvalue weighted by molar-refractivity contribution is 5.99. The van der Waals surface area contributed by atoms with Crippen LogP contribution in [-0.4, -0.2) is 17.1 Å². The molecule has 44 heavy (non-hydrogen) atoms. The van der Waals surface area contributed by atoms with Crippen molar-refractivity contribution in [1.82, 2.24) is 0 Å².